The molecular formula is C67H124N2O6P+. The molecule has 0 aliphatic heterocycles. The Morgan fingerprint density at radius 1 is 0.461 bits per heavy atom. The molecule has 0 aromatic carbocycles. The smallest absolute Gasteiger partial charge is 0.391 e. The lowest BCUT2D eigenvalue weighted by molar-refractivity contribution is -0.870. The number of nitrogens with one attached hydrogen (secondary N) is 1. The first-order valence-corrected chi connectivity index (χ1v) is 33.4. The number of allylic oxidation sites excluding steroid dienone is 14. The Kier molecular flexibility index (Phi) is 55.6. The third-order valence-corrected chi connectivity index (χ3v) is 15.1. The number of carbonyl (C=O) groups excluding carboxylic acids is 1. The standard InChI is InChI=1S/C67H123N2O6P/c1-6-8-10-12-14-16-18-20-22-24-26-28-30-31-32-33-34-35-36-37-39-41-43-45-47-49-51-53-55-57-59-61-67(71)68-65(64-75-76(72,73)74-63-62-69(3,4)5)66(70)60-58-56-54-52-50-48-46-44-42-40-38-29-27-25-23-21-19-17-15-13-11-9-7-2/h8,10,14,16,20,22,26,28,31-32,34-35,37,39,65-66,70H,6-7,9,11-13,15,17-19,21,23-25,27,29-30,33,36,38,40-64H2,1-5H3,(H-,68,71,72,73)/p+1/b10-8-,16-14-,22-20-,28-26-,32-31-,35-34-,39-37-. The molecule has 8 nitrogen and oxygen atoms in total. The van der Waals surface area contributed by atoms with Crippen LogP contribution in [0.2, 0.25) is 0 Å². The average Bonchev–Trinajstić information content (AvgIpc) is 3.38. The number of likely N-dealkylation sites (N-methyl/N-ethyl adjacent to an activating group) is 1. The third-order valence-electron chi connectivity index (χ3n) is 14.2. The lowest BCUT2D eigenvalue weighted by atomic mass is 10.0. The topological polar surface area (TPSA) is 105 Å². The van der Waals surface area contributed by atoms with Gasteiger partial charge in [0, 0.05) is 6.42 Å². The van der Waals surface area contributed by atoms with Gasteiger partial charge in [-0.25, -0.2) is 4.57 Å². The van der Waals surface area contributed by atoms with Gasteiger partial charge in [-0.05, 0) is 70.6 Å². The molecule has 0 aliphatic carbocycles. The summed E-state index contributed by atoms with van der Waals surface area (Å²) in [6, 6.07) is -0.771. The molecule has 3 atom stereocenters. The van der Waals surface area contributed by atoms with Crippen molar-refractivity contribution >= 4 is 13.7 Å². The minimum atomic E-state index is -4.33. The zero-order chi connectivity index (χ0) is 55.6. The SMILES string of the molecule is CC/C=C\C/C=C\C/C=C\C/C=C\C/C=C\C/C=C\C/C=C\CCCCCCCCCCCC(=O)NC(COP(=O)(O)OCC[N+](C)(C)C)C(O)CCCCCCCCCCCCCCCCCCCCCCCCC. The van der Waals surface area contributed by atoms with Crippen LogP contribution in [0.3, 0.4) is 0 Å². The molecule has 0 radical (unpaired) electrons. The van der Waals surface area contributed by atoms with Gasteiger partial charge in [-0.15, -0.1) is 0 Å². The van der Waals surface area contributed by atoms with Gasteiger partial charge < -0.3 is 19.8 Å². The number of phosphoric ester groups is 1. The van der Waals surface area contributed by atoms with E-state index in [1.54, 1.807) is 0 Å². The first kappa shape index (κ1) is 73.7. The Balaban J connectivity index is 4.15. The van der Waals surface area contributed by atoms with E-state index in [9.17, 15) is 19.4 Å². The molecule has 0 saturated heterocycles. The van der Waals surface area contributed by atoms with E-state index in [2.05, 4.69) is 104 Å². The summed E-state index contributed by atoms with van der Waals surface area (Å²) in [6.45, 7) is 4.79. The quantitative estimate of drug-likeness (QED) is 0.0243. The second kappa shape index (κ2) is 57.4. The van der Waals surface area contributed by atoms with Gasteiger partial charge in [0.15, 0.2) is 0 Å². The van der Waals surface area contributed by atoms with E-state index < -0.39 is 20.0 Å². The zero-order valence-corrected chi connectivity index (χ0v) is 51.4. The number of unbranched alkanes of at least 4 members (excludes halogenated alkanes) is 31. The molecule has 0 fully saturated rings. The van der Waals surface area contributed by atoms with Crippen LogP contribution < -0.4 is 5.32 Å². The highest BCUT2D eigenvalue weighted by Gasteiger charge is 2.28. The van der Waals surface area contributed by atoms with Crippen LogP contribution >= 0.6 is 7.82 Å². The van der Waals surface area contributed by atoms with Crippen LogP contribution in [0.4, 0.5) is 0 Å². The van der Waals surface area contributed by atoms with Crippen molar-refractivity contribution in [2.24, 2.45) is 0 Å². The number of hydrogen-bond donors (Lipinski definition) is 3. The van der Waals surface area contributed by atoms with Gasteiger partial charge in [-0.2, -0.15) is 0 Å². The molecule has 9 heteroatoms. The summed E-state index contributed by atoms with van der Waals surface area (Å²) in [4.78, 5) is 23.4. The number of rotatable bonds is 58. The fraction of sp³-hybridized carbons (Fsp3) is 0.776. The van der Waals surface area contributed by atoms with Crippen LogP contribution in [-0.4, -0.2) is 73.4 Å². The van der Waals surface area contributed by atoms with E-state index in [1.165, 1.54) is 167 Å². The van der Waals surface area contributed by atoms with Crippen LogP contribution in [0, 0.1) is 0 Å². The van der Waals surface area contributed by atoms with Crippen LogP contribution in [0.15, 0.2) is 85.1 Å². The Hall–Kier alpha value is -2.32. The molecule has 0 rings (SSSR count). The van der Waals surface area contributed by atoms with Crippen molar-refractivity contribution in [2.45, 2.75) is 296 Å². The van der Waals surface area contributed by atoms with E-state index in [4.69, 9.17) is 9.05 Å². The van der Waals surface area contributed by atoms with Crippen molar-refractivity contribution in [3.63, 3.8) is 0 Å². The van der Waals surface area contributed by atoms with Gasteiger partial charge in [0.1, 0.15) is 13.2 Å². The van der Waals surface area contributed by atoms with Crippen molar-refractivity contribution in [3.05, 3.63) is 85.1 Å². The maximum absolute atomic E-state index is 13.0. The number of aliphatic hydroxyl groups excluding tert-OH is 1. The van der Waals surface area contributed by atoms with Crippen molar-refractivity contribution in [1.29, 1.82) is 0 Å². The lowest BCUT2D eigenvalue weighted by Gasteiger charge is -2.26. The van der Waals surface area contributed by atoms with Crippen LogP contribution in [0.25, 0.3) is 0 Å². The van der Waals surface area contributed by atoms with E-state index >= 15 is 0 Å². The highest BCUT2D eigenvalue weighted by Crippen LogP contribution is 2.43. The Bertz CT molecular complexity index is 1510. The fourth-order valence-electron chi connectivity index (χ4n) is 9.21. The number of nitrogens with zero attached hydrogens (tertiary/aromatic N) is 1. The number of hydrogen-bond acceptors (Lipinski definition) is 5. The normalized spacial score (nSPS) is 14.4. The second-order valence-corrected chi connectivity index (χ2v) is 24.2. The number of phosphoric acid groups is 1. The van der Waals surface area contributed by atoms with Crippen LogP contribution in [0.5, 0.6) is 0 Å². The summed E-state index contributed by atoms with van der Waals surface area (Å²) in [5, 5.41) is 14.1. The minimum absolute atomic E-state index is 0.0702. The molecule has 0 spiro atoms. The minimum Gasteiger partial charge on any atom is -0.391 e. The first-order chi connectivity index (χ1) is 37.0. The van der Waals surface area contributed by atoms with Gasteiger partial charge in [0.25, 0.3) is 0 Å². The fourth-order valence-corrected chi connectivity index (χ4v) is 9.94. The van der Waals surface area contributed by atoms with Gasteiger partial charge >= 0.3 is 7.82 Å². The molecule has 0 aliphatic rings. The Labute approximate surface area is 471 Å². The molecule has 0 saturated carbocycles. The first-order valence-electron chi connectivity index (χ1n) is 32.0. The molecule has 76 heavy (non-hydrogen) atoms. The van der Waals surface area contributed by atoms with Gasteiger partial charge in [-0.3, -0.25) is 13.8 Å². The highest BCUT2D eigenvalue weighted by molar-refractivity contribution is 7.47. The maximum atomic E-state index is 13.0. The van der Waals surface area contributed by atoms with Crippen molar-refractivity contribution < 1.29 is 32.9 Å². The van der Waals surface area contributed by atoms with Crippen molar-refractivity contribution in [2.75, 3.05) is 40.9 Å². The van der Waals surface area contributed by atoms with Crippen LogP contribution in [-0.2, 0) is 18.4 Å². The summed E-state index contributed by atoms with van der Waals surface area (Å²) in [6.07, 6.45) is 80.8. The van der Waals surface area contributed by atoms with Gasteiger partial charge in [0.2, 0.25) is 5.91 Å². The van der Waals surface area contributed by atoms with E-state index in [-0.39, 0.29) is 19.1 Å². The van der Waals surface area contributed by atoms with Gasteiger partial charge in [0.05, 0.1) is 39.9 Å². The molecule has 0 bridgehead atoms. The summed E-state index contributed by atoms with van der Waals surface area (Å²) in [7, 11) is 1.61. The van der Waals surface area contributed by atoms with E-state index in [0.29, 0.717) is 23.9 Å². The third kappa shape index (κ3) is 59.3. The molecule has 3 N–H and O–H groups in total. The summed E-state index contributed by atoms with van der Waals surface area (Å²) >= 11 is 0. The summed E-state index contributed by atoms with van der Waals surface area (Å²) in [5.41, 5.74) is 0. The molecule has 3 unspecified atom stereocenters. The second-order valence-electron chi connectivity index (χ2n) is 22.8. The number of carbonyl (C=O) groups is 1. The maximum Gasteiger partial charge on any atom is 0.472 e. The van der Waals surface area contributed by atoms with Crippen molar-refractivity contribution in [1.82, 2.24) is 5.32 Å². The number of aliphatic hydroxyl groups is 1. The van der Waals surface area contributed by atoms with Crippen LogP contribution in [0.1, 0.15) is 284 Å². The Morgan fingerprint density at radius 2 is 0.789 bits per heavy atom. The highest BCUT2D eigenvalue weighted by atomic mass is 31.2. The zero-order valence-electron chi connectivity index (χ0n) is 50.5. The van der Waals surface area contributed by atoms with E-state index in [1.807, 2.05) is 21.1 Å². The monoisotopic (exact) mass is 1080 g/mol. The predicted octanol–water partition coefficient (Wildman–Crippen LogP) is 20.0. The van der Waals surface area contributed by atoms with Gasteiger partial charge in [-0.1, -0.05) is 292 Å². The molecule has 0 heterocycles. The largest absolute Gasteiger partial charge is 0.472 e. The molecule has 0 aromatic rings. The number of quaternary nitrogens is 1. The molecular weight excluding hydrogens is 960 g/mol. The summed E-state index contributed by atoms with van der Waals surface area (Å²) < 4.78 is 23.8. The summed E-state index contributed by atoms with van der Waals surface area (Å²) in [5.74, 6) is -0.151. The molecule has 1 amide bonds. The Morgan fingerprint density at radius 3 is 1.16 bits per heavy atom. The molecule has 442 valence electrons. The molecule has 0 aromatic heterocycles. The van der Waals surface area contributed by atoms with E-state index in [0.717, 1.165) is 89.9 Å². The average molecular weight is 1080 g/mol. The lowest BCUT2D eigenvalue weighted by Crippen LogP contribution is -2.46. The van der Waals surface area contributed by atoms with Crippen molar-refractivity contribution in [3.8, 4) is 0 Å². The number of amides is 1. The predicted molar refractivity (Wildman–Crippen MR) is 332 cm³/mol.